The lowest BCUT2D eigenvalue weighted by Crippen LogP contribution is -2.14. The van der Waals surface area contributed by atoms with E-state index in [1.165, 1.54) is 5.56 Å². The Hall–Kier alpha value is -1.45. The van der Waals surface area contributed by atoms with Gasteiger partial charge in [-0.1, -0.05) is 60.2 Å². The van der Waals surface area contributed by atoms with Gasteiger partial charge in [0.05, 0.1) is 5.25 Å². The summed E-state index contributed by atoms with van der Waals surface area (Å²) < 4.78 is 12.7. The van der Waals surface area contributed by atoms with Crippen molar-refractivity contribution >= 4 is 10.8 Å². The van der Waals surface area contributed by atoms with Crippen molar-refractivity contribution in [3.8, 4) is 0 Å². The zero-order chi connectivity index (χ0) is 14.4. The summed E-state index contributed by atoms with van der Waals surface area (Å²) in [6, 6.07) is 18.2. The first-order valence-corrected chi connectivity index (χ1v) is 8.26. The van der Waals surface area contributed by atoms with Crippen LogP contribution in [-0.2, 0) is 16.6 Å². The van der Waals surface area contributed by atoms with Crippen LogP contribution in [0.3, 0.4) is 0 Å². The average Bonchev–Trinajstić information content (AvgIpc) is 2.45. The Balaban J connectivity index is 2.15. The van der Waals surface area contributed by atoms with Gasteiger partial charge >= 0.3 is 0 Å². The molecule has 0 aliphatic heterocycles. The largest absolute Gasteiger partial charge is 0.330 e. The summed E-state index contributed by atoms with van der Waals surface area (Å²) in [5.74, 6) is 0.585. The van der Waals surface area contributed by atoms with Gasteiger partial charge < -0.3 is 5.73 Å². The fourth-order valence-corrected chi connectivity index (χ4v) is 3.90. The molecule has 0 saturated carbocycles. The highest BCUT2D eigenvalue weighted by molar-refractivity contribution is 7.84. The highest BCUT2D eigenvalue weighted by Crippen LogP contribution is 2.25. The molecule has 2 atom stereocenters. The first-order chi connectivity index (χ1) is 9.70. The second-order valence-corrected chi connectivity index (χ2v) is 6.61. The quantitative estimate of drug-likeness (QED) is 0.885. The summed E-state index contributed by atoms with van der Waals surface area (Å²) in [7, 11) is -0.948. The van der Waals surface area contributed by atoms with Crippen molar-refractivity contribution in [2.75, 3.05) is 6.54 Å². The fraction of sp³-hybridized carbons (Fsp3) is 0.294. The molecule has 2 unspecified atom stereocenters. The smallest absolute Gasteiger partial charge is 0.0612 e. The lowest BCUT2D eigenvalue weighted by Gasteiger charge is -2.16. The Morgan fingerprint density at radius 3 is 2.50 bits per heavy atom. The molecular weight excluding hydrogens is 266 g/mol. The molecule has 3 heteroatoms. The van der Waals surface area contributed by atoms with E-state index < -0.39 is 10.8 Å². The maximum Gasteiger partial charge on any atom is 0.0612 e. The van der Waals surface area contributed by atoms with E-state index in [1.807, 2.05) is 42.5 Å². The van der Waals surface area contributed by atoms with E-state index in [0.29, 0.717) is 12.3 Å². The highest BCUT2D eigenvalue weighted by atomic mass is 32.2. The molecule has 2 aromatic rings. The van der Waals surface area contributed by atoms with E-state index >= 15 is 0 Å². The predicted octanol–water partition coefficient (Wildman–Crippen LogP) is 3.33. The molecule has 0 heterocycles. The minimum atomic E-state index is -0.948. The Bertz CT molecular complexity index is 568. The number of aryl methyl sites for hydroxylation is 1. The summed E-state index contributed by atoms with van der Waals surface area (Å²) in [6.45, 7) is 2.61. The first kappa shape index (κ1) is 14.9. The Labute approximate surface area is 123 Å². The van der Waals surface area contributed by atoms with Crippen LogP contribution in [0.4, 0.5) is 0 Å². The number of nitrogens with two attached hydrogens (primary N) is 1. The third kappa shape index (κ3) is 4.02. The summed E-state index contributed by atoms with van der Waals surface area (Å²) in [5.41, 5.74) is 9.13. The maximum absolute atomic E-state index is 12.7. The van der Waals surface area contributed by atoms with E-state index in [-0.39, 0.29) is 5.25 Å². The molecule has 2 N–H and O–H groups in total. The van der Waals surface area contributed by atoms with Gasteiger partial charge in [0.15, 0.2) is 0 Å². The number of hydrogen-bond donors (Lipinski definition) is 1. The van der Waals surface area contributed by atoms with Crippen LogP contribution in [0.15, 0.2) is 54.6 Å². The molecular formula is C17H21NOS. The molecule has 0 fully saturated rings. The first-order valence-electron chi connectivity index (χ1n) is 6.88. The zero-order valence-electron chi connectivity index (χ0n) is 11.8. The predicted molar refractivity (Wildman–Crippen MR) is 85.9 cm³/mol. The molecule has 0 aromatic heterocycles. The normalized spacial score (nSPS) is 13.9. The zero-order valence-corrected chi connectivity index (χ0v) is 12.6. The van der Waals surface area contributed by atoms with Crippen LogP contribution in [0, 0.1) is 6.92 Å². The summed E-state index contributed by atoms with van der Waals surface area (Å²) in [5, 5.41) is 0.0155. The molecule has 0 aliphatic carbocycles. The molecule has 20 heavy (non-hydrogen) atoms. The second-order valence-electron chi connectivity index (χ2n) is 4.99. The Morgan fingerprint density at radius 2 is 1.85 bits per heavy atom. The van der Waals surface area contributed by atoms with Crippen LogP contribution < -0.4 is 5.73 Å². The van der Waals surface area contributed by atoms with Crippen LogP contribution in [0.1, 0.15) is 28.4 Å². The standard InChI is InChI=1S/C17H21NOS/c1-14-6-5-7-15(12-14)13-20(19)17(10-11-18)16-8-3-2-4-9-16/h2-9,12,17H,10-11,13,18H2,1H3. The lowest BCUT2D eigenvalue weighted by atomic mass is 10.1. The Kier molecular flexibility index (Phi) is 5.50. The maximum atomic E-state index is 12.7. The van der Waals surface area contributed by atoms with Crippen LogP contribution in [0.25, 0.3) is 0 Å². The number of hydrogen-bond acceptors (Lipinski definition) is 2. The fourth-order valence-electron chi connectivity index (χ4n) is 2.34. The van der Waals surface area contributed by atoms with Gasteiger partial charge in [-0.3, -0.25) is 4.21 Å². The molecule has 2 rings (SSSR count). The number of rotatable bonds is 6. The van der Waals surface area contributed by atoms with Gasteiger partial charge in [0.2, 0.25) is 0 Å². The number of benzene rings is 2. The molecule has 2 aromatic carbocycles. The van der Waals surface area contributed by atoms with Crippen molar-refractivity contribution in [2.24, 2.45) is 5.73 Å². The van der Waals surface area contributed by atoms with Gasteiger partial charge in [-0.05, 0) is 31.0 Å². The summed E-state index contributed by atoms with van der Waals surface area (Å²) in [4.78, 5) is 0. The van der Waals surface area contributed by atoms with Crippen molar-refractivity contribution in [1.29, 1.82) is 0 Å². The second kappa shape index (κ2) is 7.36. The molecule has 2 nitrogen and oxygen atoms in total. The van der Waals surface area contributed by atoms with Crippen molar-refractivity contribution in [3.05, 3.63) is 71.3 Å². The summed E-state index contributed by atoms with van der Waals surface area (Å²) >= 11 is 0. The minimum Gasteiger partial charge on any atom is -0.330 e. The third-order valence-electron chi connectivity index (χ3n) is 3.31. The van der Waals surface area contributed by atoms with Gasteiger partial charge in [-0.2, -0.15) is 0 Å². The molecule has 0 spiro atoms. The monoisotopic (exact) mass is 287 g/mol. The topological polar surface area (TPSA) is 43.1 Å². The van der Waals surface area contributed by atoms with Gasteiger partial charge in [-0.15, -0.1) is 0 Å². The van der Waals surface area contributed by atoms with Gasteiger partial charge in [-0.25, -0.2) is 0 Å². The average molecular weight is 287 g/mol. The van der Waals surface area contributed by atoms with E-state index in [4.69, 9.17) is 5.73 Å². The molecule has 106 valence electrons. The molecule has 0 radical (unpaired) electrons. The van der Waals surface area contributed by atoms with E-state index in [1.54, 1.807) is 0 Å². The van der Waals surface area contributed by atoms with Crippen LogP contribution >= 0.6 is 0 Å². The van der Waals surface area contributed by atoms with Gasteiger partial charge in [0.1, 0.15) is 0 Å². The van der Waals surface area contributed by atoms with Gasteiger partial charge in [0.25, 0.3) is 0 Å². The molecule has 0 aliphatic rings. The molecule has 0 amide bonds. The van der Waals surface area contributed by atoms with Crippen LogP contribution in [0.2, 0.25) is 0 Å². The Morgan fingerprint density at radius 1 is 1.10 bits per heavy atom. The van der Waals surface area contributed by atoms with E-state index in [9.17, 15) is 4.21 Å². The highest BCUT2D eigenvalue weighted by Gasteiger charge is 2.18. The van der Waals surface area contributed by atoms with Crippen molar-refractivity contribution in [2.45, 2.75) is 24.3 Å². The summed E-state index contributed by atoms with van der Waals surface area (Å²) in [6.07, 6.45) is 0.752. The van der Waals surface area contributed by atoms with Crippen molar-refractivity contribution in [1.82, 2.24) is 0 Å². The molecule has 0 bridgehead atoms. The molecule has 0 saturated heterocycles. The minimum absolute atomic E-state index is 0.0155. The van der Waals surface area contributed by atoms with Crippen molar-refractivity contribution < 1.29 is 4.21 Å². The third-order valence-corrected chi connectivity index (χ3v) is 5.07. The van der Waals surface area contributed by atoms with Crippen molar-refractivity contribution in [3.63, 3.8) is 0 Å². The van der Waals surface area contributed by atoms with E-state index in [2.05, 4.69) is 19.1 Å². The van der Waals surface area contributed by atoms with Crippen LogP contribution in [-0.4, -0.2) is 10.8 Å². The van der Waals surface area contributed by atoms with Gasteiger partial charge in [0, 0.05) is 16.6 Å². The SMILES string of the molecule is Cc1cccc(CS(=O)C(CCN)c2ccccc2)c1. The van der Waals surface area contributed by atoms with E-state index in [0.717, 1.165) is 17.5 Å². The lowest BCUT2D eigenvalue weighted by molar-refractivity contribution is 0.663. The van der Waals surface area contributed by atoms with Crippen LogP contribution in [0.5, 0.6) is 0 Å².